The van der Waals surface area contributed by atoms with Crippen molar-refractivity contribution in [2.24, 2.45) is 0 Å². The van der Waals surface area contributed by atoms with Gasteiger partial charge in [-0.05, 0) is 68.1 Å². The summed E-state index contributed by atoms with van der Waals surface area (Å²) in [5.41, 5.74) is 2.57. The first-order valence-electron chi connectivity index (χ1n) is 11.6. The number of likely N-dealkylation sites (tertiary alicyclic amines) is 1. The van der Waals surface area contributed by atoms with Gasteiger partial charge in [0.25, 0.3) is 5.91 Å². The maximum Gasteiger partial charge on any atom is 0.260 e. The third-order valence-corrected chi connectivity index (χ3v) is 6.21. The molecule has 2 aromatic rings. The van der Waals surface area contributed by atoms with Gasteiger partial charge < -0.3 is 9.64 Å². The monoisotopic (exact) mass is 422 g/mol. The molecule has 4 rings (SSSR count). The maximum atomic E-state index is 12.3. The van der Waals surface area contributed by atoms with E-state index in [0.717, 1.165) is 70.9 Å². The minimum absolute atomic E-state index is 0.101. The van der Waals surface area contributed by atoms with E-state index in [4.69, 9.17) is 4.74 Å². The van der Waals surface area contributed by atoms with Crippen molar-refractivity contribution in [2.45, 2.75) is 38.8 Å². The maximum absolute atomic E-state index is 12.3. The van der Waals surface area contributed by atoms with Crippen LogP contribution in [0.1, 0.15) is 36.8 Å². The molecule has 2 fully saturated rings. The van der Waals surface area contributed by atoms with Crippen LogP contribution >= 0.6 is 0 Å². The molecule has 166 valence electrons. The molecule has 0 aliphatic carbocycles. The van der Waals surface area contributed by atoms with E-state index in [2.05, 4.69) is 33.0 Å². The van der Waals surface area contributed by atoms with Crippen molar-refractivity contribution in [3.63, 3.8) is 0 Å². The summed E-state index contributed by atoms with van der Waals surface area (Å²) < 4.78 is 5.74. The van der Waals surface area contributed by atoms with Gasteiger partial charge in [-0.25, -0.2) is 0 Å². The Morgan fingerprint density at radius 1 is 0.806 bits per heavy atom. The SMILES string of the molecule is O=C(COc1ccc(CN2CCCN(Cc3cccnc3)CC2)cc1)N1CCCCC1. The Kier molecular flexibility index (Phi) is 7.91. The van der Waals surface area contributed by atoms with Crippen LogP contribution in [-0.2, 0) is 17.9 Å². The number of carbonyl (C=O) groups is 1. The predicted octanol–water partition coefficient (Wildman–Crippen LogP) is 3.18. The van der Waals surface area contributed by atoms with Gasteiger partial charge in [0.15, 0.2) is 6.61 Å². The molecule has 0 saturated carbocycles. The van der Waals surface area contributed by atoms with Gasteiger partial charge in [-0.2, -0.15) is 0 Å². The molecular weight excluding hydrogens is 388 g/mol. The second-order valence-electron chi connectivity index (χ2n) is 8.64. The lowest BCUT2D eigenvalue weighted by Gasteiger charge is -2.26. The number of piperidine rings is 1. The number of rotatable bonds is 7. The zero-order chi connectivity index (χ0) is 21.3. The summed E-state index contributed by atoms with van der Waals surface area (Å²) >= 11 is 0. The third-order valence-electron chi connectivity index (χ3n) is 6.21. The number of hydrogen-bond donors (Lipinski definition) is 0. The second-order valence-corrected chi connectivity index (χ2v) is 8.64. The second kappa shape index (κ2) is 11.3. The van der Waals surface area contributed by atoms with E-state index >= 15 is 0 Å². The predicted molar refractivity (Wildman–Crippen MR) is 122 cm³/mol. The van der Waals surface area contributed by atoms with Gasteiger partial charge in [-0.3, -0.25) is 19.6 Å². The van der Waals surface area contributed by atoms with E-state index in [1.165, 1.54) is 24.0 Å². The Balaban J connectivity index is 1.21. The molecule has 2 aliphatic rings. The van der Waals surface area contributed by atoms with Gasteiger partial charge in [0.1, 0.15) is 5.75 Å². The molecule has 1 amide bonds. The molecule has 0 bridgehead atoms. The van der Waals surface area contributed by atoms with E-state index in [-0.39, 0.29) is 12.5 Å². The summed E-state index contributed by atoms with van der Waals surface area (Å²) in [6.07, 6.45) is 8.42. The molecule has 31 heavy (non-hydrogen) atoms. The lowest BCUT2D eigenvalue weighted by molar-refractivity contribution is -0.134. The highest BCUT2D eigenvalue weighted by Crippen LogP contribution is 2.16. The third kappa shape index (κ3) is 6.77. The van der Waals surface area contributed by atoms with E-state index in [0.29, 0.717) is 0 Å². The lowest BCUT2D eigenvalue weighted by Crippen LogP contribution is -2.38. The van der Waals surface area contributed by atoms with Crippen LogP contribution in [-0.4, -0.2) is 71.5 Å². The first-order valence-corrected chi connectivity index (χ1v) is 11.6. The fourth-order valence-corrected chi connectivity index (χ4v) is 4.42. The number of ether oxygens (including phenoxy) is 1. The van der Waals surface area contributed by atoms with E-state index in [1.54, 1.807) is 0 Å². The molecule has 2 aliphatic heterocycles. The topological polar surface area (TPSA) is 48.9 Å². The Labute approximate surface area is 185 Å². The number of pyridine rings is 1. The fraction of sp³-hybridized carbons (Fsp3) is 0.520. The molecule has 6 heteroatoms. The number of hydrogen-bond acceptors (Lipinski definition) is 5. The summed E-state index contributed by atoms with van der Waals surface area (Å²) in [5.74, 6) is 0.872. The number of aromatic nitrogens is 1. The normalized spacial score (nSPS) is 18.5. The van der Waals surface area contributed by atoms with Crippen molar-refractivity contribution in [1.82, 2.24) is 19.7 Å². The fourth-order valence-electron chi connectivity index (χ4n) is 4.42. The van der Waals surface area contributed by atoms with E-state index < -0.39 is 0 Å². The summed E-state index contributed by atoms with van der Waals surface area (Å²) in [6, 6.07) is 12.4. The number of carbonyl (C=O) groups excluding carboxylic acids is 1. The van der Waals surface area contributed by atoms with Crippen LogP contribution in [0.15, 0.2) is 48.8 Å². The van der Waals surface area contributed by atoms with Gasteiger partial charge in [0.05, 0.1) is 0 Å². The van der Waals surface area contributed by atoms with E-state index in [9.17, 15) is 4.79 Å². The highest BCUT2D eigenvalue weighted by Gasteiger charge is 2.17. The molecule has 0 spiro atoms. The summed E-state index contributed by atoms with van der Waals surface area (Å²) in [6.45, 7) is 8.20. The Morgan fingerprint density at radius 2 is 1.52 bits per heavy atom. The molecule has 0 N–H and O–H groups in total. The first-order chi connectivity index (χ1) is 15.3. The van der Waals surface area contributed by atoms with Gasteiger partial charge in [0, 0.05) is 51.7 Å². The van der Waals surface area contributed by atoms with Crippen molar-refractivity contribution < 1.29 is 9.53 Å². The van der Waals surface area contributed by atoms with Crippen LogP contribution in [0.5, 0.6) is 5.75 Å². The zero-order valence-corrected chi connectivity index (χ0v) is 18.4. The quantitative estimate of drug-likeness (QED) is 0.686. The Morgan fingerprint density at radius 3 is 2.19 bits per heavy atom. The van der Waals surface area contributed by atoms with Crippen molar-refractivity contribution in [3.05, 3.63) is 59.9 Å². The molecule has 6 nitrogen and oxygen atoms in total. The van der Waals surface area contributed by atoms with Crippen LogP contribution in [0.25, 0.3) is 0 Å². The largest absolute Gasteiger partial charge is 0.484 e. The molecule has 3 heterocycles. The summed E-state index contributed by atoms with van der Waals surface area (Å²) in [7, 11) is 0. The van der Waals surface area contributed by atoms with Gasteiger partial charge in [-0.15, -0.1) is 0 Å². The minimum atomic E-state index is 0.101. The van der Waals surface area contributed by atoms with E-state index in [1.807, 2.05) is 35.5 Å². The smallest absolute Gasteiger partial charge is 0.260 e. The highest BCUT2D eigenvalue weighted by molar-refractivity contribution is 5.77. The highest BCUT2D eigenvalue weighted by atomic mass is 16.5. The minimum Gasteiger partial charge on any atom is -0.484 e. The lowest BCUT2D eigenvalue weighted by atomic mass is 10.1. The molecule has 0 radical (unpaired) electrons. The number of nitrogens with zero attached hydrogens (tertiary/aromatic N) is 4. The van der Waals surface area contributed by atoms with Gasteiger partial charge in [-0.1, -0.05) is 18.2 Å². The average Bonchev–Trinajstić information content (AvgIpc) is 3.04. The van der Waals surface area contributed by atoms with Crippen LogP contribution in [0.4, 0.5) is 0 Å². The first kappa shape index (κ1) is 21.8. The molecule has 0 atom stereocenters. The Bertz CT molecular complexity index is 806. The number of benzene rings is 1. The van der Waals surface area contributed by atoms with Crippen molar-refractivity contribution in [1.29, 1.82) is 0 Å². The summed E-state index contributed by atoms with van der Waals surface area (Å²) in [4.78, 5) is 23.5. The van der Waals surface area contributed by atoms with Gasteiger partial charge in [0.2, 0.25) is 0 Å². The van der Waals surface area contributed by atoms with Crippen LogP contribution in [0, 0.1) is 0 Å². The van der Waals surface area contributed by atoms with Crippen LogP contribution < -0.4 is 4.74 Å². The van der Waals surface area contributed by atoms with Crippen LogP contribution in [0.3, 0.4) is 0 Å². The van der Waals surface area contributed by atoms with Crippen LogP contribution in [0.2, 0.25) is 0 Å². The average molecular weight is 423 g/mol. The Hall–Kier alpha value is -2.44. The molecule has 0 unspecified atom stereocenters. The van der Waals surface area contributed by atoms with Crippen molar-refractivity contribution in [2.75, 3.05) is 45.9 Å². The molecular formula is C25H34N4O2. The van der Waals surface area contributed by atoms with Crippen molar-refractivity contribution in [3.8, 4) is 5.75 Å². The molecule has 2 saturated heterocycles. The molecule has 1 aromatic carbocycles. The standard InChI is InChI=1S/C25H34N4O2/c30-25(29-14-2-1-3-15-29)21-31-24-9-7-22(8-10-24)19-27-12-5-13-28(17-16-27)20-23-6-4-11-26-18-23/h4,6-11,18H,1-3,5,12-17,19-21H2. The van der Waals surface area contributed by atoms with Crippen molar-refractivity contribution >= 4 is 5.91 Å². The summed E-state index contributed by atoms with van der Waals surface area (Å²) in [5, 5.41) is 0. The number of amides is 1. The zero-order valence-electron chi connectivity index (χ0n) is 18.4. The van der Waals surface area contributed by atoms with Gasteiger partial charge >= 0.3 is 0 Å². The molecule has 1 aromatic heterocycles.